The molecular weight excluding hydrogens is 267 g/mol. The Kier molecular flexibility index (Phi) is 2.98. The molecule has 0 saturated carbocycles. The van der Waals surface area contributed by atoms with E-state index < -0.39 is 0 Å². The molecule has 0 atom stereocenters. The molecular formula is C14H10Cl2N2. The Balaban J connectivity index is 2.33. The van der Waals surface area contributed by atoms with E-state index in [0.717, 1.165) is 22.5 Å². The fourth-order valence-corrected chi connectivity index (χ4v) is 2.43. The van der Waals surface area contributed by atoms with Crippen LogP contribution >= 0.6 is 23.2 Å². The molecule has 2 aromatic carbocycles. The molecule has 0 saturated heterocycles. The molecule has 90 valence electrons. The lowest BCUT2D eigenvalue weighted by Gasteiger charge is -2.07. The Hall–Kier alpha value is -1.51. The molecule has 0 spiro atoms. The lowest BCUT2D eigenvalue weighted by atomic mass is 10.3. The molecule has 0 aliphatic heterocycles. The van der Waals surface area contributed by atoms with Crippen molar-refractivity contribution >= 4 is 34.2 Å². The average Bonchev–Trinajstić information content (AvgIpc) is 2.77. The van der Waals surface area contributed by atoms with Crippen LogP contribution in [0.15, 0.2) is 48.5 Å². The predicted octanol–water partition coefficient (Wildman–Crippen LogP) is 4.42. The van der Waals surface area contributed by atoms with E-state index in [1.165, 1.54) is 0 Å². The number of halogens is 2. The third kappa shape index (κ3) is 1.88. The van der Waals surface area contributed by atoms with Crippen molar-refractivity contribution in [2.24, 2.45) is 0 Å². The second kappa shape index (κ2) is 4.63. The Morgan fingerprint density at radius 3 is 2.67 bits per heavy atom. The van der Waals surface area contributed by atoms with Gasteiger partial charge in [0.15, 0.2) is 0 Å². The average molecular weight is 277 g/mol. The highest BCUT2D eigenvalue weighted by Gasteiger charge is 2.11. The molecule has 0 bridgehead atoms. The first-order valence-corrected chi connectivity index (χ1v) is 6.49. The van der Waals surface area contributed by atoms with Crippen LogP contribution in [-0.4, -0.2) is 9.55 Å². The predicted molar refractivity (Wildman–Crippen MR) is 75.6 cm³/mol. The maximum Gasteiger partial charge on any atom is 0.129 e. The molecule has 1 aromatic heterocycles. The van der Waals surface area contributed by atoms with E-state index in [1.54, 1.807) is 0 Å². The molecule has 3 aromatic rings. The Bertz CT molecular complexity index is 704. The van der Waals surface area contributed by atoms with Crippen LogP contribution in [-0.2, 0) is 5.88 Å². The summed E-state index contributed by atoms with van der Waals surface area (Å²) in [6.07, 6.45) is 0. The lowest BCUT2D eigenvalue weighted by Crippen LogP contribution is -1.98. The second-order valence-electron chi connectivity index (χ2n) is 3.97. The van der Waals surface area contributed by atoms with Crippen LogP contribution in [0.2, 0.25) is 5.02 Å². The normalized spacial score (nSPS) is 11.0. The zero-order chi connectivity index (χ0) is 12.5. The first-order chi connectivity index (χ1) is 8.79. The van der Waals surface area contributed by atoms with Crippen molar-refractivity contribution in [3.05, 3.63) is 59.4 Å². The molecule has 1 heterocycles. The summed E-state index contributed by atoms with van der Waals surface area (Å²) in [5.41, 5.74) is 2.95. The van der Waals surface area contributed by atoms with E-state index in [9.17, 15) is 0 Å². The summed E-state index contributed by atoms with van der Waals surface area (Å²) in [5.74, 6) is 1.18. The largest absolute Gasteiger partial charge is 0.295 e. The molecule has 3 rings (SSSR count). The minimum Gasteiger partial charge on any atom is -0.295 e. The van der Waals surface area contributed by atoms with E-state index >= 15 is 0 Å². The van der Waals surface area contributed by atoms with Crippen molar-refractivity contribution in [2.45, 2.75) is 5.88 Å². The monoisotopic (exact) mass is 276 g/mol. The first kappa shape index (κ1) is 11.6. The lowest BCUT2D eigenvalue weighted by molar-refractivity contribution is 0.982. The zero-order valence-electron chi connectivity index (χ0n) is 9.48. The molecule has 0 radical (unpaired) electrons. The fourth-order valence-electron chi connectivity index (χ4n) is 2.07. The van der Waals surface area contributed by atoms with Crippen LogP contribution in [0.25, 0.3) is 16.7 Å². The van der Waals surface area contributed by atoms with Gasteiger partial charge >= 0.3 is 0 Å². The number of nitrogens with zero attached hydrogens (tertiary/aromatic N) is 2. The SMILES string of the molecule is ClCc1nc2ccccc2n1-c1cccc(Cl)c1. The van der Waals surface area contributed by atoms with Crippen LogP contribution in [0.5, 0.6) is 0 Å². The molecule has 18 heavy (non-hydrogen) atoms. The Morgan fingerprint density at radius 2 is 1.89 bits per heavy atom. The van der Waals surface area contributed by atoms with Crippen molar-refractivity contribution in [2.75, 3.05) is 0 Å². The number of aromatic nitrogens is 2. The number of para-hydroxylation sites is 2. The summed E-state index contributed by atoms with van der Waals surface area (Å²) in [5, 5.41) is 0.700. The van der Waals surface area contributed by atoms with Crippen LogP contribution in [0.3, 0.4) is 0 Å². The van der Waals surface area contributed by atoms with E-state index in [1.807, 2.05) is 53.1 Å². The van der Waals surface area contributed by atoms with E-state index in [-0.39, 0.29) is 0 Å². The van der Waals surface area contributed by atoms with Gasteiger partial charge in [0.05, 0.1) is 16.9 Å². The summed E-state index contributed by atoms with van der Waals surface area (Å²) in [6.45, 7) is 0. The number of imidazole rings is 1. The van der Waals surface area contributed by atoms with Crippen molar-refractivity contribution in [1.29, 1.82) is 0 Å². The van der Waals surface area contributed by atoms with Gasteiger partial charge in [0.25, 0.3) is 0 Å². The number of benzene rings is 2. The van der Waals surface area contributed by atoms with Gasteiger partial charge in [0.1, 0.15) is 5.82 Å². The van der Waals surface area contributed by atoms with Gasteiger partial charge < -0.3 is 0 Å². The van der Waals surface area contributed by atoms with Gasteiger partial charge in [-0.2, -0.15) is 0 Å². The number of fused-ring (bicyclic) bond motifs is 1. The van der Waals surface area contributed by atoms with Crippen molar-refractivity contribution < 1.29 is 0 Å². The molecule has 0 aliphatic carbocycles. The van der Waals surface area contributed by atoms with Gasteiger partial charge in [-0.1, -0.05) is 29.8 Å². The van der Waals surface area contributed by atoms with E-state index in [2.05, 4.69) is 4.98 Å². The van der Waals surface area contributed by atoms with Crippen molar-refractivity contribution in [1.82, 2.24) is 9.55 Å². The second-order valence-corrected chi connectivity index (χ2v) is 4.67. The number of hydrogen-bond donors (Lipinski definition) is 0. The Labute approximate surface area is 115 Å². The summed E-state index contributed by atoms with van der Waals surface area (Å²) >= 11 is 12.0. The summed E-state index contributed by atoms with van der Waals surface area (Å²) in [4.78, 5) is 4.53. The molecule has 0 amide bonds. The number of rotatable bonds is 2. The van der Waals surface area contributed by atoms with Gasteiger partial charge in [-0.3, -0.25) is 4.57 Å². The highest BCUT2D eigenvalue weighted by atomic mass is 35.5. The third-order valence-electron chi connectivity index (χ3n) is 2.82. The highest BCUT2D eigenvalue weighted by molar-refractivity contribution is 6.30. The van der Waals surface area contributed by atoms with Gasteiger partial charge in [-0.25, -0.2) is 4.98 Å². The number of hydrogen-bond acceptors (Lipinski definition) is 1. The van der Waals surface area contributed by atoms with Crippen LogP contribution in [0.1, 0.15) is 5.82 Å². The Morgan fingerprint density at radius 1 is 1.06 bits per heavy atom. The van der Waals surface area contributed by atoms with Gasteiger partial charge in [-0.15, -0.1) is 11.6 Å². The van der Waals surface area contributed by atoms with Crippen molar-refractivity contribution in [3.8, 4) is 5.69 Å². The minimum atomic E-state index is 0.362. The smallest absolute Gasteiger partial charge is 0.129 e. The molecule has 2 nitrogen and oxygen atoms in total. The maximum absolute atomic E-state index is 6.04. The van der Waals surface area contributed by atoms with E-state index in [4.69, 9.17) is 23.2 Å². The minimum absolute atomic E-state index is 0.362. The topological polar surface area (TPSA) is 17.8 Å². The molecule has 0 fully saturated rings. The van der Waals surface area contributed by atoms with Gasteiger partial charge in [0.2, 0.25) is 0 Å². The fraction of sp³-hybridized carbons (Fsp3) is 0.0714. The van der Waals surface area contributed by atoms with Gasteiger partial charge in [-0.05, 0) is 30.3 Å². The summed E-state index contributed by atoms with van der Waals surface area (Å²) < 4.78 is 2.04. The standard InChI is InChI=1S/C14H10Cl2N2/c15-9-14-17-12-6-1-2-7-13(12)18(14)11-5-3-4-10(16)8-11/h1-8H,9H2. The summed E-state index contributed by atoms with van der Waals surface area (Å²) in [7, 11) is 0. The maximum atomic E-state index is 6.04. The highest BCUT2D eigenvalue weighted by Crippen LogP contribution is 2.24. The molecule has 4 heteroatoms. The van der Waals surface area contributed by atoms with Gasteiger partial charge in [0, 0.05) is 10.7 Å². The third-order valence-corrected chi connectivity index (χ3v) is 3.29. The first-order valence-electron chi connectivity index (χ1n) is 5.58. The summed E-state index contributed by atoms with van der Waals surface area (Å²) in [6, 6.07) is 15.6. The van der Waals surface area contributed by atoms with Crippen molar-refractivity contribution in [3.63, 3.8) is 0 Å². The van der Waals surface area contributed by atoms with Crippen LogP contribution in [0, 0.1) is 0 Å². The zero-order valence-corrected chi connectivity index (χ0v) is 11.0. The van der Waals surface area contributed by atoms with Crippen LogP contribution < -0.4 is 0 Å². The van der Waals surface area contributed by atoms with E-state index in [0.29, 0.717) is 10.9 Å². The molecule has 0 N–H and O–H groups in total. The molecule has 0 unspecified atom stereocenters. The quantitative estimate of drug-likeness (QED) is 0.634. The number of alkyl halides is 1. The molecule has 0 aliphatic rings. The van der Waals surface area contributed by atoms with Crippen LogP contribution in [0.4, 0.5) is 0 Å².